The molecule has 0 unspecified atom stereocenters. The standard InChI is InChI=1S/C13H9Cl2N3/c14-8-2-4-11-12(6-8)18-13(17-11)7-1-3-9(15)10(16)5-7/h1-6H,16H2,(H,17,18). The monoisotopic (exact) mass is 277 g/mol. The van der Waals surface area contributed by atoms with E-state index < -0.39 is 0 Å². The zero-order valence-electron chi connectivity index (χ0n) is 9.24. The predicted octanol–water partition coefficient (Wildman–Crippen LogP) is 4.12. The van der Waals surface area contributed by atoms with Gasteiger partial charge in [0.1, 0.15) is 5.82 Å². The van der Waals surface area contributed by atoms with Crippen molar-refractivity contribution in [1.29, 1.82) is 0 Å². The number of anilines is 1. The first-order chi connectivity index (χ1) is 8.63. The maximum atomic E-state index is 5.93. The van der Waals surface area contributed by atoms with E-state index >= 15 is 0 Å². The molecule has 3 rings (SSSR count). The first kappa shape index (κ1) is 11.4. The van der Waals surface area contributed by atoms with Crippen molar-refractivity contribution in [2.45, 2.75) is 0 Å². The number of halogens is 2. The molecule has 0 amide bonds. The zero-order valence-corrected chi connectivity index (χ0v) is 10.8. The van der Waals surface area contributed by atoms with Crippen LogP contribution in [0.1, 0.15) is 0 Å². The Bertz CT molecular complexity index is 734. The van der Waals surface area contributed by atoms with Crippen molar-refractivity contribution in [2.24, 2.45) is 0 Å². The molecular weight excluding hydrogens is 269 g/mol. The van der Waals surface area contributed by atoms with Gasteiger partial charge in [-0.25, -0.2) is 4.98 Å². The van der Waals surface area contributed by atoms with Crippen LogP contribution in [0.25, 0.3) is 22.4 Å². The summed E-state index contributed by atoms with van der Waals surface area (Å²) in [5.41, 5.74) is 8.97. The molecule has 1 aromatic heterocycles. The number of benzene rings is 2. The molecule has 0 aliphatic heterocycles. The van der Waals surface area contributed by atoms with Gasteiger partial charge in [0, 0.05) is 10.6 Å². The van der Waals surface area contributed by atoms with Crippen molar-refractivity contribution in [3.63, 3.8) is 0 Å². The van der Waals surface area contributed by atoms with Crippen LogP contribution in [0, 0.1) is 0 Å². The van der Waals surface area contributed by atoms with E-state index in [9.17, 15) is 0 Å². The van der Waals surface area contributed by atoms with Crippen LogP contribution in [0.4, 0.5) is 5.69 Å². The molecule has 18 heavy (non-hydrogen) atoms. The average molecular weight is 278 g/mol. The second kappa shape index (κ2) is 4.19. The molecule has 1 heterocycles. The fourth-order valence-corrected chi connectivity index (χ4v) is 2.10. The highest BCUT2D eigenvalue weighted by molar-refractivity contribution is 6.33. The summed E-state index contributed by atoms with van der Waals surface area (Å²) in [5, 5.41) is 1.21. The van der Waals surface area contributed by atoms with Crippen LogP contribution in [0.3, 0.4) is 0 Å². The molecule has 0 atom stereocenters. The van der Waals surface area contributed by atoms with Crippen LogP contribution in [0.15, 0.2) is 36.4 Å². The van der Waals surface area contributed by atoms with Gasteiger partial charge < -0.3 is 10.7 Å². The summed E-state index contributed by atoms with van der Waals surface area (Å²) in [5.74, 6) is 0.746. The normalized spacial score (nSPS) is 11.0. The highest BCUT2D eigenvalue weighted by atomic mass is 35.5. The van der Waals surface area contributed by atoms with E-state index in [2.05, 4.69) is 9.97 Å². The summed E-state index contributed by atoms with van der Waals surface area (Å²) in [6, 6.07) is 10.9. The maximum Gasteiger partial charge on any atom is 0.138 e. The molecule has 90 valence electrons. The molecule has 0 spiro atoms. The fraction of sp³-hybridized carbons (Fsp3) is 0. The number of nitrogen functional groups attached to an aromatic ring is 1. The second-order valence-electron chi connectivity index (χ2n) is 3.98. The van der Waals surface area contributed by atoms with Crippen molar-refractivity contribution in [1.82, 2.24) is 9.97 Å². The largest absolute Gasteiger partial charge is 0.398 e. The van der Waals surface area contributed by atoms with Crippen molar-refractivity contribution in [2.75, 3.05) is 5.73 Å². The van der Waals surface area contributed by atoms with E-state index in [-0.39, 0.29) is 0 Å². The van der Waals surface area contributed by atoms with Crippen molar-refractivity contribution in [3.8, 4) is 11.4 Å². The number of hydrogen-bond donors (Lipinski definition) is 2. The molecule has 0 bridgehead atoms. The van der Waals surface area contributed by atoms with Gasteiger partial charge in [-0.3, -0.25) is 0 Å². The van der Waals surface area contributed by atoms with Crippen LogP contribution >= 0.6 is 23.2 Å². The van der Waals surface area contributed by atoms with Crippen LogP contribution in [0.2, 0.25) is 10.0 Å². The fourth-order valence-electron chi connectivity index (χ4n) is 1.81. The smallest absolute Gasteiger partial charge is 0.138 e. The maximum absolute atomic E-state index is 5.93. The Balaban J connectivity index is 2.16. The van der Waals surface area contributed by atoms with E-state index in [1.807, 2.05) is 24.3 Å². The van der Waals surface area contributed by atoms with Gasteiger partial charge in [0.25, 0.3) is 0 Å². The Morgan fingerprint density at radius 2 is 1.89 bits per heavy atom. The van der Waals surface area contributed by atoms with Crippen LogP contribution < -0.4 is 5.73 Å². The topological polar surface area (TPSA) is 54.7 Å². The molecule has 3 aromatic rings. The Hall–Kier alpha value is -1.71. The summed E-state index contributed by atoms with van der Waals surface area (Å²) in [6.45, 7) is 0. The van der Waals surface area contributed by atoms with Crippen molar-refractivity contribution < 1.29 is 0 Å². The van der Waals surface area contributed by atoms with Gasteiger partial charge in [-0.1, -0.05) is 23.2 Å². The molecule has 0 aliphatic rings. The van der Waals surface area contributed by atoms with E-state index in [4.69, 9.17) is 28.9 Å². The minimum absolute atomic E-state index is 0.535. The molecule has 3 nitrogen and oxygen atoms in total. The summed E-state index contributed by atoms with van der Waals surface area (Å²) in [6.07, 6.45) is 0. The van der Waals surface area contributed by atoms with E-state index in [0.717, 1.165) is 22.4 Å². The number of H-pyrrole nitrogens is 1. The Labute approximate surface area is 114 Å². The van der Waals surface area contributed by atoms with Crippen LogP contribution in [0.5, 0.6) is 0 Å². The number of nitrogens with two attached hydrogens (primary N) is 1. The van der Waals surface area contributed by atoms with Crippen molar-refractivity contribution in [3.05, 3.63) is 46.4 Å². The van der Waals surface area contributed by atoms with Gasteiger partial charge in [-0.2, -0.15) is 0 Å². The van der Waals surface area contributed by atoms with Crippen LogP contribution in [-0.2, 0) is 0 Å². The van der Waals surface area contributed by atoms with Gasteiger partial charge in [-0.05, 0) is 36.4 Å². The summed E-state index contributed by atoms with van der Waals surface area (Å²) in [4.78, 5) is 7.69. The molecule has 5 heteroatoms. The quantitative estimate of drug-likeness (QED) is 0.658. The lowest BCUT2D eigenvalue weighted by molar-refractivity contribution is 1.34. The van der Waals surface area contributed by atoms with Gasteiger partial charge in [-0.15, -0.1) is 0 Å². The third kappa shape index (κ3) is 1.92. The molecule has 2 aromatic carbocycles. The summed E-state index contributed by atoms with van der Waals surface area (Å²) >= 11 is 11.8. The number of hydrogen-bond acceptors (Lipinski definition) is 2. The number of rotatable bonds is 1. The SMILES string of the molecule is Nc1cc(-c2nc3ccc(Cl)cc3[nH]2)ccc1Cl. The lowest BCUT2D eigenvalue weighted by Gasteiger charge is -2.00. The molecule has 3 N–H and O–H groups in total. The highest BCUT2D eigenvalue weighted by Crippen LogP contribution is 2.27. The Morgan fingerprint density at radius 1 is 1.06 bits per heavy atom. The van der Waals surface area contributed by atoms with Gasteiger partial charge >= 0.3 is 0 Å². The number of imidazole rings is 1. The van der Waals surface area contributed by atoms with Gasteiger partial charge in [0.05, 0.1) is 21.7 Å². The highest BCUT2D eigenvalue weighted by Gasteiger charge is 2.07. The minimum atomic E-state index is 0.535. The summed E-state index contributed by atoms with van der Waals surface area (Å²) < 4.78 is 0. The minimum Gasteiger partial charge on any atom is -0.398 e. The molecule has 0 aliphatic carbocycles. The Kier molecular flexibility index (Phi) is 2.65. The molecule has 0 fully saturated rings. The summed E-state index contributed by atoms with van der Waals surface area (Å²) in [7, 11) is 0. The lowest BCUT2D eigenvalue weighted by Crippen LogP contribution is -1.88. The van der Waals surface area contributed by atoms with E-state index in [1.54, 1.807) is 12.1 Å². The molecule has 0 saturated heterocycles. The first-order valence-electron chi connectivity index (χ1n) is 5.34. The van der Waals surface area contributed by atoms with Crippen LogP contribution in [-0.4, -0.2) is 9.97 Å². The van der Waals surface area contributed by atoms with Gasteiger partial charge in [0.2, 0.25) is 0 Å². The number of fused-ring (bicyclic) bond motifs is 1. The van der Waals surface area contributed by atoms with E-state index in [0.29, 0.717) is 15.7 Å². The van der Waals surface area contributed by atoms with E-state index in [1.165, 1.54) is 0 Å². The van der Waals surface area contributed by atoms with Gasteiger partial charge in [0.15, 0.2) is 0 Å². The average Bonchev–Trinajstić information content (AvgIpc) is 2.75. The molecular formula is C13H9Cl2N3. The first-order valence-corrected chi connectivity index (χ1v) is 6.10. The molecule has 0 radical (unpaired) electrons. The number of nitrogens with one attached hydrogen (secondary N) is 1. The Morgan fingerprint density at radius 3 is 2.67 bits per heavy atom. The number of aromatic amines is 1. The molecule has 0 saturated carbocycles. The number of aromatic nitrogens is 2. The predicted molar refractivity (Wildman–Crippen MR) is 76.0 cm³/mol. The second-order valence-corrected chi connectivity index (χ2v) is 4.83. The third-order valence-electron chi connectivity index (χ3n) is 2.71. The zero-order chi connectivity index (χ0) is 12.7. The third-order valence-corrected chi connectivity index (χ3v) is 3.29. The lowest BCUT2D eigenvalue weighted by atomic mass is 10.2. The number of nitrogens with zero attached hydrogens (tertiary/aromatic N) is 1. The van der Waals surface area contributed by atoms with Crippen molar-refractivity contribution >= 4 is 39.9 Å².